The Hall–Kier alpha value is -0.600. The van der Waals surface area contributed by atoms with Crippen LogP contribution in [0.5, 0.6) is 0 Å². The quantitative estimate of drug-likeness (QED) is 0.467. The molecule has 0 saturated carbocycles. The van der Waals surface area contributed by atoms with Gasteiger partial charge in [0.2, 0.25) is 0 Å². The van der Waals surface area contributed by atoms with Crippen LogP contribution in [-0.2, 0) is 4.74 Å². The summed E-state index contributed by atoms with van der Waals surface area (Å²) in [6, 6.07) is 0. The first kappa shape index (κ1) is 11.4. The molecule has 0 aromatic heterocycles. The van der Waals surface area contributed by atoms with Crippen LogP contribution in [0.4, 0.5) is 0 Å². The predicted molar refractivity (Wildman–Crippen MR) is 51.1 cm³/mol. The van der Waals surface area contributed by atoms with Crippen molar-refractivity contribution in [2.45, 2.75) is 19.8 Å². The molecule has 0 bridgehead atoms. The van der Waals surface area contributed by atoms with Gasteiger partial charge in [0, 0.05) is 0 Å². The lowest BCUT2D eigenvalue weighted by molar-refractivity contribution is 0.193. The van der Waals surface area contributed by atoms with Gasteiger partial charge in [-0.05, 0) is 6.42 Å². The second-order valence-corrected chi connectivity index (χ2v) is 2.45. The lowest BCUT2D eigenvalue weighted by Gasteiger charge is -1.93. The number of allylic oxidation sites excluding steroid dienone is 1. The fourth-order valence-corrected chi connectivity index (χ4v) is 0.699. The van der Waals surface area contributed by atoms with Crippen LogP contribution in [0, 0.1) is 0 Å². The van der Waals surface area contributed by atoms with E-state index in [1.54, 1.807) is 6.08 Å². The molecular formula is C10H18O2. The summed E-state index contributed by atoms with van der Waals surface area (Å²) in [6.45, 7) is 3.48. The second-order valence-electron chi connectivity index (χ2n) is 2.45. The molecule has 2 heteroatoms. The second kappa shape index (κ2) is 10.4. The first-order chi connectivity index (χ1) is 5.91. The van der Waals surface area contributed by atoms with Gasteiger partial charge in [0.1, 0.15) is 0 Å². The maximum Gasteiger partial charge on any atom is 0.0652 e. The largest absolute Gasteiger partial charge is 0.392 e. The number of ether oxygens (including phenoxy) is 1. The molecule has 1 N–H and O–H groups in total. The molecule has 0 aliphatic rings. The van der Waals surface area contributed by atoms with Crippen molar-refractivity contribution in [3.63, 3.8) is 0 Å². The molecule has 0 aromatic rings. The Morgan fingerprint density at radius 2 is 1.75 bits per heavy atom. The van der Waals surface area contributed by atoms with Crippen molar-refractivity contribution in [3.8, 4) is 0 Å². The third kappa shape index (κ3) is 9.40. The van der Waals surface area contributed by atoms with E-state index in [2.05, 4.69) is 13.0 Å². The number of rotatable bonds is 7. The van der Waals surface area contributed by atoms with Gasteiger partial charge in [-0.3, -0.25) is 0 Å². The van der Waals surface area contributed by atoms with Crippen LogP contribution in [0.25, 0.3) is 0 Å². The normalized spacial score (nSPS) is 11.8. The van der Waals surface area contributed by atoms with Crippen molar-refractivity contribution in [1.82, 2.24) is 0 Å². The summed E-state index contributed by atoms with van der Waals surface area (Å²) in [7, 11) is 0. The summed E-state index contributed by atoms with van der Waals surface area (Å²) in [6.07, 6.45) is 9.94. The Morgan fingerprint density at radius 1 is 1.08 bits per heavy atom. The van der Waals surface area contributed by atoms with Crippen molar-refractivity contribution in [1.29, 1.82) is 0 Å². The monoisotopic (exact) mass is 170 g/mol. The minimum atomic E-state index is 0.0923. The molecule has 0 saturated heterocycles. The summed E-state index contributed by atoms with van der Waals surface area (Å²) >= 11 is 0. The number of hydrogen-bond donors (Lipinski definition) is 1. The molecule has 12 heavy (non-hydrogen) atoms. The van der Waals surface area contributed by atoms with E-state index >= 15 is 0 Å². The van der Waals surface area contributed by atoms with Crippen molar-refractivity contribution < 1.29 is 9.84 Å². The van der Waals surface area contributed by atoms with Gasteiger partial charge in [0.05, 0.1) is 19.8 Å². The van der Waals surface area contributed by atoms with Gasteiger partial charge in [-0.2, -0.15) is 0 Å². The fourth-order valence-electron chi connectivity index (χ4n) is 0.699. The van der Waals surface area contributed by atoms with Gasteiger partial charge in [-0.15, -0.1) is 0 Å². The Labute approximate surface area is 74.6 Å². The van der Waals surface area contributed by atoms with Crippen molar-refractivity contribution in [3.05, 3.63) is 24.3 Å². The minimum Gasteiger partial charge on any atom is -0.392 e. The molecule has 0 aliphatic heterocycles. The van der Waals surface area contributed by atoms with Crippen LogP contribution < -0.4 is 0 Å². The minimum absolute atomic E-state index is 0.0923. The average molecular weight is 170 g/mol. The summed E-state index contributed by atoms with van der Waals surface area (Å²) in [5.74, 6) is 0. The van der Waals surface area contributed by atoms with Gasteiger partial charge in [-0.1, -0.05) is 37.6 Å². The highest BCUT2D eigenvalue weighted by molar-refractivity contribution is 4.83. The Morgan fingerprint density at radius 3 is 2.33 bits per heavy atom. The molecule has 0 unspecified atom stereocenters. The van der Waals surface area contributed by atoms with Crippen LogP contribution in [-0.4, -0.2) is 24.9 Å². The highest BCUT2D eigenvalue weighted by Gasteiger charge is 1.78. The van der Waals surface area contributed by atoms with E-state index < -0.39 is 0 Å². The third-order valence-corrected chi connectivity index (χ3v) is 1.32. The van der Waals surface area contributed by atoms with E-state index in [0.717, 1.165) is 6.42 Å². The van der Waals surface area contributed by atoms with Gasteiger partial charge in [-0.25, -0.2) is 0 Å². The number of unbranched alkanes of at least 4 members (excludes halogenated alkanes) is 1. The Kier molecular flexibility index (Phi) is 9.88. The Balaban J connectivity index is 3.04. The van der Waals surface area contributed by atoms with E-state index in [4.69, 9.17) is 9.84 Å². The van der Waals surface area contributed by atoms with E-state index in [0.29, 0.717) is 13.2 Å². The molecule has 2 nitrogen and oxygen atoms in total. The molecule has 0 radical (unpaired) electrons. The Bertz CT molecular complexity index is 128. The molecule has 0 amide bonds. The van der Waals surface area contributed by atoms with Crippen molar-refractivity contribution in [2.24, 2.45) is 0 Å². The van der Waals surface area contributed by atoms with Crippen LogP contribution >= 0.6 is 0 Å². The molecule has 0 fully saturated rings. The standard InChI is InChI=1S/C10H18O2/c1-2-3-4-6-9-12-10-7-5-8-11/h4-7,11H,2-3,8-10H2,1H3/b6-4+,7-5-. The smallest absolute Gasteiger partial charge is 0.0652 e. The van der Waals surface area contributed by atoms with E-state index in [9.17, 15) is 0 Å². The van der Waals surface area contributed by atoms with Gasteiger partial charge in [0.15, 0.2) is 0 Å². The fraction of sp³-hybridized carbons (Fsp3) is 0.600. The zero-order valence-corrected chi connectivity index (χ0v) is 7.70. The summed E-state index contributed by atoms with van der Waals surface area (Å²) in [4.78, 5) is 0. The predicted octanol–water partition coefficient (Wildman–Crippen LogP) is 1.91. The summed E-state index contributed by atoms with van der Waals surface area (Å²) in [5, 5.41) is 8.38. The number of aliphatic hydroxyl groups is 1. The van der Waals surface area contributed by atoms with Gasteiger partial charge < -0.3 is 9.84 Å². The van der Waals surface area contributed by atoms with E-state index in [1.807, 2.05) is 12.2 Å². The molecule has 0 spiro atoms. The highest BCUT2D eigenvalue weighted by atomic mass is 16.5. The average Bonchev–Trinajstić information content (AvgIpc) is 2.10. The van der Waals surface area contributed by atoms with E-state index in [-0.39, 0.29) is 6.61 Å². The first-order valence-electron chi connectivity index (χ1n) is 4.40. The zero-order chi connectivity index (χ0) is 9.07. The van der Waals surface area contributed by atoms with Crippen LogP contribution in [0.15, 0.2) is 24.3 Å². The van der Waals surface area contributed by atoms with Gasteiger partial charge in [0.25, 0.3) is 0 Å². The highest BCUT2D eigenvalue weighted by Crippen LogP contribution is 1.88. The first-order valence-corrected chi connectivity index (χ1v) is 4.40. The maximum atomic E-state index is 8.38. The molecule has 70 valence electrons. The third-order valence-electron chi connectivity index (χ3n) is 1.32. The number of hydrogen-bond acceptors (Lipinski definition) is 2. The lowest BCUT2D eigenvalue weighted by Crippen LogP contribution is -1.90. The lowest BCUT2D eigenvalue weighted by atomic mass is 10.3. The van der Waals surface area contributed by atoms with Crippen LogP contribution in [0.2, 0.25) is 0 Å². The maximum absolute atomic E-state index is 8.38. The SMILES string of the molecule is CCC/C=C/COC/C=C\CO. The van der Waals surface area contributed by atoms with E-state index in [1.165, 1.54) is 6.42 Å². The van der Waals surface area contributed by atoms with Gasteiger partial charge >= 0.3 is 0 Å². The molecule has 0 aromatic carbocycles. The molecule has 0 rings (SSSR count). The summed E-state index contributed by atoms with van der Waals surface area (Å²) < 4.78 is 5.20. The molecular weight excluding hydrogens is 152 g/mol. The topological polar surface area (TPSA) is 29.5 Å². The summed E-state index contributed by atoms with van der Waals surface area (Å²) in [5.41, 5.74) is 0. The van der Waals surface area contributed by atoms with Crippen LogP contribution in [0.3, 0.4) is 0 Å². The molecule has 0 atom stereocenters. The molecule has 0 heterocycles. The van der Waals surface area contributed by atoms with Crippen LogP contribution in [0.1, 0.15) is 19.8 Å². The van der Waals surface area contributed by atoms with Crippen molar-refractivity contribution in [2.75, 3.05) is 19.8 Å². The van der Waals surface area contributed by atoms with Crippen molar-refractivity contribution >= 4 is 0 Å². The number of aliphatic hydroxyl groups excluding tert-OH is 1. The molecule has 0 aliphatic carbocycles. The zero-order valence-electron chi connectivity index (χ0n) is 7.70.